The minimum atomic E-state index is -3.60. The van der Waals surface area contributed by atoms with Gasteiger partial charge >= 0.3 is 0 Å². The number of carbonyl (C=O) groups is 1. The van der Waals surface area contributed by atoms with E-state index in [9.17, 15) is 13.2 Å². The molecule has 0 radical (unpaired) electrons. The molecule has 14 heteroatoms. The minimum absolute atomic E-state index is 0.216. The number of morpholine rings is 1. The van der Waals surface area contributed by atoms with Crippen molar-refractivity contribution in [3.05, 3.63) is 58.9 Å². The summed E-state index contributed by atoms with van der Waals surface area (Å²) >= 11 is 0. The monoisotopic (exact) mass is 624 g/mol. The largest absolute Gasteiger partial charge is 0.492 e. The highest BCUT2D eigenvalue weighted by Gasteiger charge is 2.29. The zero-order chi connectivity index (χ0) is 31.8. The van der Waals surface area contributed by atoms with Crippen LogP contribution in [0.15, 0.2) is 46.9 Å². The predicted molar refractivity (Wildman–Crippen MR) is 170 cm³/mol. The molecule has 2 aliphatic heterocycles. The number of carbonyl (C=O) groups excluding carboxylic acids is 1. The second-order valence-corrected chi connectivity index (χ2v) is 13.9. The SMILES string of the molecule is COc1c(NC(=O)c2ccc(C)c(N3CC(c4cnc(N5CCOCC5)n4C)N=N3)c2)cc(C(C)(C)C)cc1NS(C)(=O)=O. The molecular weight excluding hydrogens is 584 g/mol. The van der Waals surface area contributed by atoms with Crippen LogP contribution in [-0.2, 0) is 27.2 Å². The molecule has 1 amide bonds. The molecule has 1 saturated heterocycles. The Labute approximate surface area is 258 Å². The first-order chi connectivity index (χ1) is 20.7. The molecule has 236 valence electrons. The lowest BCUT2D eigenvalue weighted by atomic mass is 9.86. The normalized spacial score (nSPS) is 17.2. The highest BCUT2D eigenvalue weighted by molar-refractivity contribution is 7.92. The lowest BCUT2D eigenvalue weighted by molar-refractivity contribution is 0.102. The summed E-state index contributed by atoms with van der Waals surface area (Å²) in [4.78, 5) is 20.5. The van der Waals surface area contributed by atoms with Gasteiger partial charge in [0.25, 0.3) is 5.91 Å². The van der Waals surface area contributed by atoms with Crippen LogP contribution in [0.1, 0.15) is 54.0 Å². The lowest BCUT2D eigenvalue weighted by Crippen LogP contribution is -2.37. The smallest absolute Gasteiger partial charge is 0.255 e. The summed E-state index contributed by atoms with van der Waals surface area (Å²) in [7, 11) is -0.183. The van der Waals surface area contributed by atoms with Crippen molar-refractivity contribution in [3.8, 4) is 5.75 Å². The average Bonchev–Trinajstić information content (AvgIpc) is 3.59. The molecule has 1 unspecified atom stereocenters. The number of aryl methyl sites for hydroxylation is 1. The zero-order valence-electron chi connectivity index (χ0n) is 26.2. The fourth-order valence-electron chi connectivity index (χ4n) is 5.31. The maximum absolute atomic E-state index is 13.6. The number of hydrogen-bond acceptors (Lipinski definition) is 10. The van der Waals surface area contributed by atoms with Gasteiger partial charge in [-0.3, -0.25) is 9.52 Å². The average molecular weight is 625 g/mol. The van der Waals surface area contributed by atoms with E-state index in [2.05, 4.69) is 34.8 Å². The first-order valence-corrected chi connectivity index (χ1v) is 16.3. The van der Waals surface area contributed by atoms with Gasteiger partial charge in [-0.15, -0.1) is 0 Å². The van der Waals surface area contributed by atoms with Crippen molar-refractivity contribution < 1.29 is 22.7 Å². The van der Waals surface area contributed by atoms with Crippen LogP contribution in [0.5, 0.6) is 5.75 Å². The van der Waals surface area contributed by atoms with E-state index < -0.39 is 10.0 Å². The van der Waals surface area contributed by atoms with Gasteiger partial charge in [0.1, 0.15) is 6.04 Å². The first-order valence-electron chi connectivity index (χ1n) is 14.4. The number of nitrogens with one attached hydrogen (secondary N) is 2. The Balaban J connectivity index is 1.38. The molecule has 44 heavy (non-hydrogen) atoms. The molecule has 0 spiro atoms. The van der Waals surface area contributed by atoms with Gasteiger partial charge in [-0.25, -0.2) is 18.4 Å². The number of ether oxygens (including phenoxy) is 2. The van der Waals surface area contributed by atoms with Crippen molar-refractivity contribution in [2.75, 3.05) is 66.2 Å². The third-order valence-electron chi connectivity index (χ3n) is 7.73. The highest BCUT2D eigenvalue weighted by Crippen LogP contribution is 2.40. The second kappa shape index (κ2) is 12.1. The van der Waals surface area contributed by atoms with E-state index in [0.29, 0.717) is 31.0 Å². The van der Waals surface area contributed by atoms with Crippen LogP contribution in [0.2, 0.25) is 0 Å². The number of sulfonamides is 1. The summed E-state index contributed by atoms with van der Waals surface area (Å²) in [5, 5.41) is 13.7. The standard InChI is InChI=1S/C30H40N8O5S/c1-19-8-9-20(28(39)32-22-15-21(30(2,3)4)16-23(27(22)42-6)34-44(7,40)41)14-25(19)38-18-24(33-35-38)26-17-31-29(36(26)5)37-10-12-43-13-11-37/h8-9,14-17,24,34H,10-13,18H2,1-7H3,(H,32,39). The predicted octanol–water partition coefficient (Wildman–Crippen LogP) is 4.42. The van der Waals surface area contributed by atoms with Crippen molar-refractivity contribution in [1.29, 1.82) is 0 Å². The molecule has 0 bridgehead atoms. The molecule has 3 aromatic rings. The van der Waals surface area contributed by atoms with Crippen LogP contribution in [0, 0.1) is 6.92 Å². The Bertz CT molecular complexity index is 1690. The van der Waals surface area contributed by atoms with Crippen LogP contribution >= 0.6 is 0 Å². The van der Waals surface area contributed by atoms with Gasteiger partial charge in [0.2, 0.25) is 16.0 Å². The number of imidazole rings is 1. The van der Waals surface area contributed by atoms with E-state index in [1.165, 1.54) is 7.11 Å². The fourth-order valence-corrected chi connectivity index (χ4v) is 5.86. The molecule has 5 rings (SSSR count). The Morgan fingerprint density at radius 1 is 1.11 bits per heavy atom. The van der Waals surface area contributed by atoms with Crippen LogP contribution in [0.4, 0.5) is 23.0 Å². The van der Waals surface area contributed by atoms with Crippen LogP contribution in [-0.4, -0.2) is 70.1 Å². The van der Waals surface area contributed by atoms with Crippen molar-refractivity contribution in [2.45, 2.75) is 39.2 Å². The quantitative estimate of drug-likeness (QED) is 0.375. The molecule has 2 aliphatic rings. The molecule has 2 aromatic carbocycles. The summed E-state index contributed by atoms with van der Waals surface area (Å²) in [6, 6.07) is 8.70. The fraction of sp³-hybridized carbons (Fsp3) is 0.467. The molecule has 13 nitrogen and oxygen atoms in total. The first kappa shape index (κ1) is 31.3. The summed E-state index contributed by atoms with van der Waals surface area (Å²) in [6.07, 6.45) is 2.92. The Morgan fingerprint density at radius 3 is 2.48 bits per heavy atom. The third-order valence-corrected chi connectivity index (χ3v) is 8.32. The summed E-state index contributed by atoms with van der Waals surface area (Å²) in [5.41, 5.74) is 4.14. The molecule has 0 saturated carbocycles. The van der Waals surface area contributed by atoms with E-state index in [1.54, 1.807) is 29.3 Å². The van der Waals surface area contributed by atoms with Gasteiger partial charge in [0.05, 0.1) is 62.1 Å². The number of aromatic nitrogens is 2. The Hall–Kier alpha value is -4.17. The van der Waals surface area contributed by atoms with E-state index >= 15 is 0 Å². The number of methoxy groups -OCH3 is 1. The molecule has 1 fully saturated rings. The van der Waals surface area contributed by atoms with E-state index in [0.717, 1.165) is 47.8 Å². The molecule has 1 atom stereocenters. The zero-order valence-corrected chi connectivity index (χ0v) is 27.0. The molecule has 3 heterocycles. The number of benzene rings is 2. The van der Waals surface area contributed by atoms with E-state index in [-0.39, 0.29) is 28.8 Å². The Morgan fingerprint density at radius 2 is 1.82 bits per heavy atom. The minimum Gasteiger partial charge on any atom is -0.492 e. The van der Waals surface area contributed by atoms with Crippen molar-refractivity contribution in [1.82, 2.24) is 9.55 Å². The summed E-state index contributed by atoms with van der Waals surface area (Å²) < 4.78 is 39.8. The lowest BCUT2D eigenvalue weighted by Gasteiger charge is -2.28. The maximum Gasteiger partial charge on any atom is 0.255 e. The summed E-state index contributed by atoms with van der Waals surface area (Å²) in [6.45, 7) is 11.4. The maximum atomic E-state index is 13.6. The molecule has 0 aliphatic carbocycles. The van der Waals surface area contributed by atoms with E-state index in [1.807, 2.05) is 47.0 Å². The summed E-state index contributed by atoms with van der Waals surface area (Å²) in [5.74, 6) is 0.718. The van der Waals surface area contributed by atoms with Gasteiger partial charge < -0.3 is 24.3 Å². The van der Waals surface area contributed by atoms with Gasteiger partial charge in [-0.1, -0.05) is 32.1 Å². The number of rotatable bonds is 8. The topological polar surface area (TPSA) is 143 Å². The van der Waals surface area contributed by atoms with Gasteiger partial charge in [0, 0.05) is 25.7 Å². The third kappa shape index (κ3) is 6.65. The molecule has 1 aromatic heterocycles. The molecular formula is C30H40N8O5S. The van der Waals surface area contributed by atoms with Crippen molar-refractivity contribution in [2.24, 2.45) is 17.4 Å². The number of amides is 1. The number of hydrogen-bond donors (Lipinski definition) is 2. The second-order valence-electron chi connectivity index (χ2n) is 12.1. The Kier molecular flexibility index (Phi) is 8.58. The number of nitrogens with zero attached hydrogens (tertiary/aromatic N) is 6. The molecule has 2 N–H and O–H groups in total. The van der Waals surface area contributed by atoms with E-state index in [4.69, 9.17) is 9.47 Å². The van der Waals surface area contributed by atoms with Gasteiger partial charge in [-0.05, 0) is 47.7 Å². The number of anilines is 4. The highest BCUT2D eigenvalue weighted by atomic mass is 32.2. The van der Waals surface area contributed by atoms with Gasteiger partial charge in [-0.2, -0.15) is 5.11 Å². The van der Waals surface area contributed by atoms with Crippen LogP contribution < -0.4 is 24.7 Å². The van der Waals surface area contributed by atoms with Crippen molar-refractivity contribution in [3.63, 3.8) is 0 Å². The van der Waals surface area contributed by atoms with Gasteiger partial charge in [0.15, 0.2) is 5.75 Å². The van der Waals surface area contributed by atoms with Crippen LogP contribution in [0.3, 0.4) is 0 Å². The van der Waals surface area contributed by atoms with Crippen molar-refractivity contribution >= 4 is 38.9 Å². The van der Waals surface area contributed by atoms with Crippen LogP contribution in [0.25, 0.3) is 0 Å².